The van der Waals surface area contributed by atoms with Crippen LogP contribution in [0.25, 0.3) is 0 Å². The van der Waals surface area contributed by atoms with Crippen molar-refractivity contribution in [1.29, 1.82) is 0 Å². The molecule has 0 saturated heterocycles. The molecule has 100 valence electrons. The molecule has 0 radical (unpaired) electrons. The number of anilines is 1. The van der Waals surface area contributed by atoms with Gasteiger partial charge in [0.1, 0.15) is 12.4 Å². The quantitative estimate of drug-likeness (QED) is 0.801. The Labute approximate surface area is 123 Å². The Balaban J connectivity index is 1.80. The van der Waals surface area contributed by atoms with Crippen LogP contribution in [0.2, 0.25) is 10.0 Å². The van der Waals surface area contributed by atoms with E-state index in [-0.39, 0.29) is 0 Å². The molecule has 19 heavy (non-hydrogen) atoms. The monoisotopic (exact) mass is 295 g/mol. The van der Waals surface area contributed by atoms with Gasteiger partial charge in [0, 0.05) is 22.3 Å². The van der Waals surface area contributed by atoms with Gasteiger partial charge in [-0.2, -0.15) is 0 Å². The van der Waals surface area contributed by atoms with Crippen molar-refractivity contribution in [2.45, 2.75) is 6.92 Å². The minimum absolute atomic E-state index is 0.573. The minimum atomic E-state index is 0.573. The largest absolute Gasteiger partial charge is 0.491 e. The molecule has 0 aliphatic heterocycles. The first-order valence-corrected chi connectivity index (χ1v) is 6.79. The zero-order valence-corrected chi connectivity index (χ0v) is 12.1. The van der Waals surface area contributed by atoms with Crippen LogP contribution in [-0.2, 0) is 0 Å². The van der Waals surface area contributed by atoms with Crippen molar-refractivity contribution in [3.8, 4) is 5.75 Å². The Morgan fingerprint density at radius 3 is 2.42 bits per heavy atom. The summed E-state index contributed by atoms with van der Waals surface area (Å²) in [6.45, 7) is 3.29. The first kappa shape index (κ1) is 14.0. The van der Waals surface area contributed by atoms with Gasteiger partial charge >= 0.3 is 0 Å². The fraction of sp³-hybridized carbons (Fsp3) is 0.200. The van der Waals surface area contributed by atoms with Crippen molar-refractivity contribution in [2.75, 3.05) is 18.5 Å². The van der Waals surface area contributed by atoms with Crippen LogP contribution in [0.15, 0.2) is 42.5 Å². The van der Waals surface area contributed by atoms with E-state index in [0.717, 1.165) is 22.0 Å². The lowest BCUT2D eigenvalue weighted by molar-refractivity contribution is 0.330. The third kappa shape index (κ3) is 4.34. The number of hydrogen-bond donors (Lipinski definition) is 1. The Kier molecular flexibility index (Phi) is 4.94. The van der Waals surface area contributed by atoms with E-state index in [2.05, 4.69) is 5.32 Å². The van der Waals surface area contributed by atoms with Crippen molar-refractivity contribution in [2.24, 2.45) is 0 Å². The lowest BCUT2D eigenvalue weighted by Crippen LogP contribution is -2.11. The zero-order valence-electron chi connectivity index (χ0n) is 10.6. The van der Waals surface area contributed by atoms with Crippen LogP contribution in [0, 0.1) is 6.92 Å². The number of ether oxygens (including phenoxy) is 1. The van der Waals surface area contributed by atoms with Crippen LogP contribution in [-0.4, -0.2) is 13.2 Å². The second-order valence-electron chi connectivity index (χ2n) is 4.19. The average molecular weight is 296 g/mol. The van der Waals surface area contributed by atoms with E-state index in [1.54, 1.807) is 0 Å². The molecule has 2 aromatic rings. The molecule has 2 rings (SSSR count). The van der Waals surface area contributed by atoms with Gasteiger partial charge in [0.15, 0.2) is 0 Å². The third-order valence-electron chi connectivity index (χ3n) is 2.68. The highest BCUT2D eigenvalue weighted by atomic mass is 35.5. The molecule has 0 unspecified atom stereocenters. The zero-order chi connectivity index (χ0) is 13.7. The summed E-state index contributed by atoms with van der Waals surface area (Å²) in [4.78, 5) is 0. The lowest BCUT2D eigenvalue weighted by atomic mass is 10.2. The van der Waals surface area contributed by atoms with Crippen LogP contribution in [0.5, 0.6) is 5.75 Å². The summed E-state index contributed by atoms with van der Waals surface area (Å²) >= 11 is 11.8. The van der Waals surface area contributed by atoms with Crippen LogP contribution in [0.1, 0.15) is 5.56 Å². The summed E-state index contributed by atoms with van der Waals surface area (Å²) in [5.74, 6) is 0.824. The van der Waals surface area contributed by atoms with Crippen molar-refractivity contribution in [3.05, 3.63) is 58.1 Å². The third-order valence-corrected chi connectivity index (χ3v) is 3.17. The number of nitrogens with one attached hydrogen (secondary N) is 1. The fourth-order valence-corrected chi connectivity index (χ4v) is 1.94. The fourth-order valence-electron chi connectivity index (χ4n) is 1.65. The van der Waals surface area contributed by atoms with Crippen LogP contribution < -0.4 is 10.1 Å². The summed E-state index contributed by atoms with van der Waals surface area (Å²) < 4.78 is 5.69. The summed E-state index contributed by atoms with van der Waals surface area (Å²) in [5, 5.41) is 4.68. The van der Waals surface area contributed by atoms with E-state index >= 15 is 0 Å². The smallest absolute Gasteiger partial charge is 0.123 e. The normalized spacial score (nSPS) is 10.3. The summed E-state index contributed by atoms with van der Waals surface area (Å²) in [6, 6.07) is 13.2. The number of hydrogen-bond acceptors (Lipinski definition) is 2. The van der Waals surface area contributed by atoms with Crippen molar-refractivity contribution >= 4 is 28.9 Å². The van der Waals surface area contributed by atoms with Crippen molar-refractivity contribution in [1.82, 2.24) is 0 Å². The molecule has 0 saturated carbocycles. The molecule has 0 aliphatic rings. The van der Waals surface area contributed by atoms with Gasteiger partial charge in [0.2, 0.25) is 0 Å². The van der Waals surface area contributed by atoms with Gasteiger partial charge in [0.25, 0.3) is 0 Å². The van der Waals surface area contributed by atoms with Crippen LogP contribution >= 0.6 is 23.2 Å². The molecule has 2 aromatic carbocycles. The topological polar surface area (TPSA) is 21.3 Å². The van der Waals surface area contributed by atoms with Gasteiger partial charge in [-0.1, -0.05) is 29.3 Å². The Bertz CT molecular complexity index is 540. The van der Waals surface area contributed by atoms with E-state index in [4.69, 9.17) is 27.9 Å². The average Bonchev–Trinajstić information content (AvgIpc) is 2.40. The van der Waals surface area contributed by atoms with Gasteiger partial charge in [0.05, 0.1) is 0 Å². The van der Waals surface area contributed by atoms with Crippen molar-refractivity contribution < 1.29 is 4.74 Å². The molecule has 0 aliphatic carbocycles. The maximum absolute atomic E-state index is 5.93. The number of rotatable bonds is 5. The summed E-state index contributed by atoms with van der Waals surface area (Å²) in [7, 11) is 0. The van der Waals surface area contributed by atoms with E-state index in [1.165, 1.54) is 0 Å². The highest BCUT2D eigenvalue weighted by Crippen LogP contribution is 2.22. The van der Waals surface area contributed by atoms with Gasteiger partial charge < -0.3 is 10.1 Å². The molecule has 0 heterocycles. The molecule has 2 nitrogen and oxygen atoms in total. The lowest BCUT2D eigenvalue weighted by Gasteiger charge is -2.11. The van der Waals surface area contributed by atoms with E-state index in [1.807, 2.05) is 49.4 Å². The van der Waals surface area contributed by atoms with Gasteiger partial charge in [-0.25, -0.2) is 0 Å². The molecule has 0 amide bonds. The molecular weight excluding hydrogens is 281 g/mol. The number of halogens is 2. The van der Waals surface area contributed by atoms with E-state index in [0.29, 0.717) is 18.2 Å². The van der Waals surface area contributed by atoms with Gasteiger partial charge in [-0.15, -0.1) is 0 Å². The number of aryl methyl sites for hydroxylation is 1. The van der Waals surface area contributed by atoms with Crippen molar-refractivity contribution in [3.63, 3.8) is 0 Å². The number of benzene rings is 2. The first-order valence-electron chi connectivity index (χ1n) is 6.03. The summed E-state index contributed by atoms with van der Waals surface area (Å²) in [6.07, 6.45) is 0. The van der Waals surface area contributed by atoms with Gasteiger partial charge in [-0.3, -0.25) is 0 Å². The SMILES string of the molecule is Cc1ccc(Cl)cc1OCCNc1ccc(Cl)cc1. The molecule has 1 N–H and O–H groups in total. The molecule has 0 spiro atoms. The Morgan fingerprint density at radius 1 is 1.00 bits per heavy atom. The second-order valence-corrected chi connectivity index (χ2v) is 5.06. The molecule has 4 heteroatoms. The molecule has 0 atom stereocenters. The van der Waals surface area contributed by atoms with E-state index in [9.17, 15) is 0 Å². The highest BCUT2D eigenvalue weighted by Gasteiger charge is 2.00. The highest BCUT2D eigenvalue weighted by molar-refractivity contribution is 6.31. The Morgan fingerprint density at radius 2 is 1.68 bits per heavy atom. The Hall–Kier alpha value is -1.38. The first-order chi connectivity index (χ1) is 9.15. The summed E-state index contributed by atoms with van der Waals surface area (Å²) in [5.41, 5.74) is 2.10. The second kappa shape index (κ2) is 6.69. The standard InChI is InChI=1S/C15H15Cl2NO/c1-11-2-3-13(17)10-15(11)19-9-8-18-14-6-4-12(16)5-7-14/h2-7,10,18H,8-9H2,1H3. The van der Waals surface area contributed by atoms with Crippen LogP contribution in [0.4, 0.5) is 5.69 Å². The maximum Gasteiger partial charge on any atom is 0.123 e. The maximum atomic E-state index is 5.93. The molecule has 0 bridgehead atoms. The molecular formula is C15H15Cl2NO. The molecule has 0 fully saturated rings. The van der Waals surface area contributed by atoms with Crippen LogP contribution in [0.3, 0.4) is 0 Å². The molecule has 0 aromatic heterocycles. The predicted molar refractivity (Wildman–Crippen MR) is 81.6 cm³/mol. The van der Waals surface area contributed by atoms with E-state index < -0.39 is 0 Å². The predicted octanol–water partition coefficient (Wildman–Crippen LogP) is 4.79. The van der Waals surface area contributed by atoms with Gasteiger partial charge in [-0.05, 0) is 48.9 Å². The minimum Gasteiger partial charge on any atom is -0.491 e.